The van der Waals surface area contributed by atoms with E-state index in [0.717, 1.165) is 39.7 Å². The number of anilines is 1. The van der Waals surface area contributed by atoms with Crippen LogP contribution in [0.25, 0.3) is 38.8 Å². The van der Waals surface area contributed by atoms with Gasteiger partial charge < -0.3 is 11.1 Å². The summed E-state index contributed by atoms with van der Waals surface area (Å²) in [6.45, 7) is 4.20. The van der Waals surface area contributed by atoms with Crippen LogP contribution in [0.4, 0.5) is 5.82 Å². The fourth-order valence-electron chi connectivity index (χ4n) is 5.04. The third kappa shape index (κ3) is 5.10. The van der Waals surface area contributed by atoms with Gasteiger partial charge in [0.15, 0.2) is 5.65 Å². The van der Waals surface area contributed by atoms with E-state index in [1.165, 1.54) is 6.33 Å². The number of hydrogen-bond acceptors (Lipinski definition) is 7. The van der Waals surface area contributed by atoms with E-state index >= 15 is 0 Å². The lowest BCUT2D eigenvalue weighted by Crippen LogP contribution is -2.25. The number of benzene rings is 3. The van der Waals surface area contributed by atoms with E-state index in [4.69, 9.17) is 10.8 Å². The average Bonchev–Trinajstić information content (AvgIpc) is 3.34. The van der Waals surface area contributed by atoms with Crippen LogP contribution in [0, 0.1) is 13.8 Å². The van der Waals surface area contributed by atoms with Gasteiger partial charge in [0.2, 0.25) is 0 Å². The lowest BCUT2D eigenvalue weighted by Gasteiger charge is -2.17. The van der Waals surface area contributed by atoms with Crippen molar-refractivity contribution in [2.45, 2.75) is 20.4 Å². The summed E-state index contributed by atoms with van der Waals surface area (Å²) in [5.41, 5.74) is 12.0. The number of fused-ring (bicyclic) bond motifs is 2. The first-order chi connectivity index (χ1) is 19.9. The number of nitrogens with zero attached hydrogens (tertiary/aromatic N) is 5. The van der Waals surface area contributed by atoms with Crippen LogP contribution in [0.3, 0.4) is 0 Å². The number of carbonyl (C=O) groups excluding carboxylic acids is 1. The molecule has 3 heterocycles. The second-order valence-corrected chi connectivity index (χ2v) is 9.81. The molecule has 0 bridgehead atoms. The van der Waals surface area contributed by atoms with E-state index in [9.17, 15) is 9.59 Å². The lowest BCUT2D eigenvalue weighted by molar-refractivity contribution is 0.112. The van der Waals surface area contributed by atoms with Gasteiger partial charge in [-0.1, -0.05) is 54.6 Å². The zero-order valence-corrected chi connectivity index (χ0v) is 23.4. The molecule has 0 aliphatic heterocycles. The second-order valence-electron chi connectivity index (χ2n) is 9.81. The van der Waals surface area contributed by atoms with Gasteiger partial charge in [-0.05, 0) is 62.7 Å². The van der Waals surface area contributed by atoms with Gasteiger partial charge in [-0.15, -0.1) is 0 Å². The summed E-state index contributed by atoms with van der Waals surface area (Å²) in [6, 6.07) is 22.9. The maximum Gasteiger partial charge on any atom is 0.263 e. The summed E-state index contributed by atoms with van der Waals surface area (Å²) in [6.07, 6.45) is 2.19. The number of hydrogen-bond donors (Lipinski definition) is 2. The number of pyridine rings is 1. The molecule has 0 amide bonds. The Morgan fingerprint density at radius 2 is 1.63 bits per heavy atom. The van der Waals surface area contributed by atoms with Gasteiger partial charge in [-0.3, -0.25) is 14.2 Å². The second kappa shape index (κ2) is 11.5. The molecule has 0 atom stereocenters. The molecule has 0 spiro atoms. The van der Waals surface area contributed by atoms with Crippen molar-refractivity contribution in [2.75, 3.05) is 19.8 Å². The molecule has 0 saturated heterocycles. The maximum absolute atomic E-state index is 14.0. The minimum atomic E-state index is -0.0885. The van der Waals surface area contributed by atoms with Gasteiger partial charge in [0.1, 0.15) is 24.1 Å². The Morgan fingerprint density at radius 1 is 0.902 bits per heavy atom. The lowest BCUT2D eigenvalue weighted by atomic mass is 10.1. The topological polar surface area (TPSA) is 121 Å². The molecule has 9 heteroatoms. The molecule has 0 aliphatic carbocycles. The Labute approximate surface area is 237 Å². The molecule has 6 rings (SSSR count). The first kappa shape index (κ1) is 27.4. The Kier molecular flexibility index (Phi) is 7.71. The van der Waals surface area contributed by atoms with Crippen LogP contribution >= 0.6 is 0 Å². The summed E-state index contributed by atoms with van der Waals surface area (Å²) < 4.78 is 3.50. The van der Waals surface area contributed by atoms with E-state index in [0.29, 0.717) is 27.7 Å². The van der Waals surface area contributed by atoms with Crippen LogP contribution in [-0.4, -0.2) is 44.7 Å². The van der Waals surface area contributed by atoms with E-state index in [1.54, 1.807) is 27.4 Å². The molecule has 3 aromatic carbocycles. The fraction of sp³-hybridized carbons (Fsp3) is 0.156. The first-order valence-corrected chi connectivity index (χ1v) is 13.2. The average molecular weight is 546 g/mol. The molecule has 9 nitrogen and oxygen atoms in total. The van der Waals surface area contributed by atoms with Gasteiger partial charge in [0, 0.05) is 16.8 Å². The van der Waals surface area contributed by atoms with Crippen LogP contribution < -0.4 is 16.6 Å². The smallest absolute Gasteiger partial charge is 0.263 e. The number of aromatic nitrogens is 5. The molecular weight excluding hydrogens is 514 g/mol. The summed E-state index contributed by atoms with van der Waals surface area (Å²) in [7, 11) is 3.75. The standard InChI is InChI=1S/C30H24N6O2.C2H7N/c1-18-7-3-4-12-24(18)36-23(14-21-10-5-8-19(2)25(21)30(36)38)15-35-29-26(28(31)32-17-33-29)27(34-35)22-11-6-9-20(13-22)16-37;1-3-2/h3-14,16-17H,15H2,1-2H3,(H2,31,32,33);3H,1-2H3. The minimum Gasteiger partial charge on any atom is -0.383 e. The molecule has 3 N–H and O–H groups in total. The van der Waals surface area contributed by atoms with Crippen molar-refractivity contribution in [1.82, 2.24) is 29.6 Å². The maximum atomic E-state index is 14.0. The number of para-hydroxylation sites is 1. The molecule has 3 aromatic heterocycles. The third-order valence-electron chi connectivity index (χ3n) is 6.85. The van der Waals surface area contributed by atoms with Crippen molar-refractivity contribution >= 4 is 33.9 Å². The van der Waals surface area contributed by atoms with E-state index < -0.39 is 0 Å². The van der Waals surface area contributed by atoms with Crippen LogP contribution in [0.2, 0.25) is 0 Å². The summed E-state index contributed by atoms with van der Waals surface area (Å²) in [5, 5.41) is 9.77. The Morgan fingerprint density at radius 3 is 2.39 bits per heavy atom. The monoisotopic (exact) mass is 545 g/mol. The zero-order valence-electron chi connectivity index (χ0n) is 23.4. The molecule has 0 unspecified atom stereocenters. The minimum absolute atomic E-state index is 0.0885. The van der Waals surface area contributed by atoms with Gasteiger partial charge >= 0.3 is 0 Å². The summed E-state index contributed by atoms with van der Waals surface area (Å²) in [5.74, 6) is 0.290. The number of nitrogen functional groups attached to an aromatic ring is 1. The van der Waals surface area contributed by atoms with Crippen molar-refractivity contribution in [3.8, 4) is 16.9 Å². The predicted molar refractivity (Wildman–Crippen MR) is 164 cm³/mol. The highest BCUT2D eigenvalue weighted by Crippen LogP contribution is 2.31. The van der Waals surface area contributed by atoms with Crippen molar-refractivity contribution in [1.29, 1.82) is 0 Å². The van der Waals surface area contributed by atoms with Crippen molar-refractivity contribution < 1.29 is 4.79 Å². The molecule has 206 valence electrons. The number of aldehydes is 1. The highest BCUT2D eigenvalue weighted by atomic mass is 16.1. The van der Waals surface area contributed by atoms with E-state index in [2.05, 4.69) is 15.3 Å². The predicted octanol–water partition coefficient (Wildman–Crippen LogP) is 4.69. The molecule has 0 saturated carbocycles. The Bertz CT molecular complexity index is 1960. The van der Waals surface area contributed by atoms with Gasteiger partial charge in [0.25, 0.3) is 5.56 Å². The largest absolute Gasteiger partial charge is 0.383 e. The molecule has 0 aliphatic rings. The number of nitrogens with two attached hydrogens (primary N) is 1. The van der Waals surface area contributed by atoms with Crippen molar-refractivity contribution in [2.24, 2.45) is 0 Å². The van der Waals surface area contributed by atoms with Gasteiger partial charge in [-0.25, -0.2) is 14.6 Å². The van der Waals surface area contributed by atoms with Crippen molar-refractivity contribution in [3.05, 3.63) is 112 Å². The molecule has 6 aromatic rings. The number of aryl methyl sites for hydroxylation is 2. The first-order valence-electron chi connectivity index (χ1n) is 13.2. The van der Waals surface area contributed by atoms with Crippen LogP contribution in [0.5, 0.6) is 0 Å². The van der Waals surface area contributed by atoms with E-state index in [-0.39, 0.29) is 17.9 Å². The van der Waals surface area contributed by atoms with Gasteiger partial charge in [0.05, 0.1) is 23.0 Å². The quantitative estimate of drug-likeness (QED) is 0.302. The molecule has 0 radical (unpaired) electrons. The zero-order chi connectivity index (χ0) is 29.1. The third-order valence-corrected chi connectivity index (χ3v) is 6.85. The Hall–Kier alpha value is -5.15. The number of rotatable bonds is 5. The van der Waals surface area contributed by atoms with Gasteiger partial charge in [-0.2, -0.15) is 5.10 Å². The summed E-state index contributed by atoms with van der Waals surface area (Å²) >= 11 is 0. The normalized spacial score (nSPS) is 10.9. The number of nitrogens with one attached hydrogen (secondary N) is 1. The van der Waals surface area contributed by atoms with Crippen LogP contribution in [-0.2, 0) is 6.54 Å². The highest BCUT2D eigenvalue weighted by molar-refractivity contribution is 5.99. The fourth-order valence-corrected chi connectivity index (χ4v) is 5.04. The van der Waals surface area contributed by atoms with Crippen molar-refractivity contribution in [3.63, 3.8) is 0 Å². The SMILES string of the molecule is CNC.Cc1ccccc1-n1c(Cn2nc(-c3cccc(C=O)c3)c3c(N)ncnc32)cc2cccc(C)c2c1=O. The molecular formula is C32H31N7O2. The number of carbonyl (C=O) groups is 1. The van der Waals surface area contributed by atoms with E-state index in [1.807, 2.05) is 82.5 Å². The van der Waals surface area contributed by atoms with Crippen LogP contribution in [0.1, 0.15) is 27.2 Å². The van der Waals surface area contributed by atoms with Crippen LogP contribution in [0.15, 0.2) is 83.9 Å². The highest BCUT2D eigenvalue weighted by Gasteiger charge is 2.20. The Balaban J connectivity index is 0.00000108. The molecule has 0 fully saturated rings. The molecule has 41 heavy (non-hydrogen) atoms. The summed E-state index contributed by atoms with van der Waals surface area (Å²) in [4.78, 5) is 34.1.